The van der Waals surface area contributed by atoms with Crippen molar-refractivity contribution in [2.24, 2.45) is 0 Å². The highest BCUT2D eigenvalue weighted by Crippen LogP contribution is 2.37. The smallest absolute Gasteiger partial charge is 0.326 e. The summed E-state index contributed by atoms with van der Waals surface area (Å²) in [7, 11) is -2.39. The Bertz CT molecular complexity index is 983. The number of nitrogens with one attached hydrogen (secondary N) is 2. The third-order valence-electron chi connectivity index (χ3n) is 4.01. The monoisotopic (exact) mass is 454 g/mol. The van der Waals surface area contributed by atoms with E-state index in [1.165, 1.54) is 31.3 Å². The lowest BCUT2D eigenvalue weighted by Crippen LogP contribution is -2.18. The number of carbonyl (C=O) groups excluding carboxylic acids is 1. The van der Waals surface area contributed by atoms with Crippen LogP contribution in [0.3, 0.4) is 0 Å². The zero-order valence-corrected chi connectivity index (χ0v) is 16.2. The molecule has 2 aromatic rings. The summed E-state index contributed by atoms with van der Waals surface area (Å²) in [5, 5.41) is 2.04. The van der Waals surface area contributed by atoms with Crippen LogP contribution in [0.2, 0.25) is 0 Å². The van der Waals surface area contributed by atoms with E-state index in [4.69, 9.17) is 0 Å². The van der Waals surface area contributed by atoms with Crippen molar-refractivity contribution >= 4 is 21.6 Å². The number of halogens is 6. The molecule has 0 heterocycles. The number of carbonyl (C=O) groups is 1. The largest absolute Gasteiger partial charge is 0.416 e. The van der Waals surface area contributed by atoms with Gasteiger partial charge in [0.15, 0.2) is 0 Å². The predicted octanol–water partition coefficient (Wildman–Crippen LogP) is 4.20. The van der Waals surface area contributed by atoms with Crippen molar-refractivity contribution in [3.63, 3.8) is 0 Å². The first-order chi connectivity index (χ1) is 13.7. The molecular formula is C18H16F6N2O3S. The van der Waals surface area contributed by atoms with Crippen molar-refractivity contribution in [2.45, 2.75) is 30.1 Å². The Hall–Kier alpha value is -2.60. The van der Waals surface area contributed by atoms with Crippen LogP contribution in [0.1, 0.15) is 23.1 Å². The van der Waals surface area contributed by atoms with Crippen LogP contribution in [-0.4, -0.2) is 21.4 Å². The normalized spacial score (nSPS) is 12.6. The quantitative estimate of drug-likeness (QED) is 0.643. The van der Waals surface area contributed by atoms with Crippen LogP contribution in [0.5, 0.6) is 0 Å². The summed E-state index contributed by atoms with van der Waals surface area (Å²) in [5.41, 5.74) is -3.14. The summed E-state index contributed by atoms with van der Waals surface area (Å²) in [5.74, 6) is -0.797. The van der Waals surface area contributed by atoms with E-state index in [0.717, 1.165) is 0 Å². The molecule has 0 aromatic heterocycles. The molecule has 2 aromatic carbocycles. The van der Waals surface area contributed by atoms with Gasteiger partial charge in [-0.15, -0.1) is 0 Å². The van der Waals surface area contributed by atoms with Crippen molar-refractivity contribution in [3.8, 4) is 0 Å². The Balaban J connectivity index is 2.11. The first-order valence-corrected chi connectivity index (χ1v) is 9.82. The third kappa shape index (κ3) is 6.20. The van der Waals surface area contributed by atoms with E-state index in [2.05, 4.69) is 4.72 Å². The molecule has 164 valence electrons. The molecule has 0 spiro atoms. The SMILES string of the molecule is CNS(=O)(=O)c1ccc(CCC(=O)Nc2cc(C(F)(F)F)cc(C(F)(F)F)c2)cc1. The van der Waals surface area contributed by atoms with Gasteiger partial charge in [0.2, 0.25) is 15.9 Å². The minimum Gasteiger partial charge on any atom is -0.326 e. The molecule has 5 nitrogen and oxygen atoms in total. The van der Waals surface area contributed by atoms with Crippen molar-refractivity contribution in [1.29, 1.82) is 0 Å². The van der Waals surface area contributed by atoms with Crippen LogP contribution >= 0.6 is 0 Å². The van der Waals surface area contributed by atoms with Crippen LogP contribution < -0.4 is 10.0 Å². The van der Waals surface area contributed by atoms with Gasteiger partial charge in [-0.2, -0.15) is 26.3 Å². The fraction of sp³-hybridized carbons (Fsp3) is 0.278. The average molecular weight is 454 g/mol. The lowest BCUT2D eigenvalue weighted by molar-refractivity contribution is -0.143. The van der Waals surface area contributed by atoms with Gasteiger partial charge in [-0.05, 0) is 49.4 Å². The van der Waals surface area contributed by atoms with Gasteiger partial charge in [0.05, 0.1) is 16.0 Å². The van der Waals surface area contributed by atoms with E-state index in [0.29, 0.717) is 17.7 Å². The summed E-state index contributed by atoms with van der Waals surface area (Å²) in [6.07, 6.45) is -10.2. The number of amides is 1. The first kappa shape index (κ1) is 23.7. The molecule has 0 aliphatic rings. The molecule has 0 radical (unpaired) electrons. The number of rotatable bonds is 6. The van der Waals surface area contributed by atoms with Crippen LogP contribution in [0.4, 0.5) is 32.0 Å². The van der Waals surface area contributed by atoms with E-state index in [-0.39, 0.29) is 23.8 Å². The molecule has 0 saturated heterocycles. The molecule has 0 fully saturated rings. The van der Waals surface area contributed by atoms with E-state index in [9.17, 15) is 39.6 Å². The maximum atomic E-state index is 12.9. The predicted molar refractivity (Wildman–Crippen MR) is 96.1 cm³/mol. The van der Waals surface area contributed by atoms with Gasteiger partial charge >= 0.3 is 12.4 Å². The molecule has 12 heteroatoms. The number of hydrogen-bond acceptors (Lipinski definition) is 3. The van der Waals surface area contributed by atoms with Gasteiger partial charge in [0, 0.05) is 12.1 Å². The fourth-order valence-corrected chi connectivity index (χ4v) is 3.19. The fourth-order valence-electron chi connectivity index (χ4n) is 2.46. The highest BCUT2D eigenvalue weighted by atomic mass is 32.2. The van der Waals surface area contributed by atoms with Gasteiger partial charge in [-0.1, -0.05) is 12.1 Å². The molecule has 2 rings (SSSR count). The Morgan fingerprint density at radius 2 is 1.40 bits per heavy atom. The summed E-state index contributed by atoms with van der Waals surface area (Å²) < 4.78 is 103. The molecule has 0 bridgehead atoms. The zero-order chi connectivity index (χ0) is 22.7. The molecule has 0 atom stereocenters. The topological polar surface area (TPSA) is 75.3 Å². The van der Waals surface area contributed by atoms with Gasteiger partial charge in [-0.25, -0.2) is 13.1 Å². The average Bonchev–Trinajstić information content (AvgIpc) is 2.65. The van der Waals surface area contributed by atoms with Crippen LogP contribution in [-0.2, 0) is 33.6 Å². The second-order valence-electron chi connectivity index (χ2n) is 6.19. The molecule has 1 amide bonds. The lowest BCUT2D eigenvalue weighted by Gasteiger charge is -2.14. The minimum absolute atomic E-state index is 0.00171. The Labute approximate surface area is 168 Å². The zero-order valence-electron chi connectivity index (χ0n) is 15.4. The molecule has 2 N–H and O–H groups in total. The highest BCUT2D eigenvalue weighted by molar-refractivity contribution is 7.89. The van der Waals surface area contributed by atoms with E-state index < -0.39 is 45.1 Å². The van der Waals surface area contributed by atoms with Crippen molar-refractivity contribution < 1.29 is 39.6 Å². The first-order valence-electron chi connectivity index (χ1n) is 8.34. The lowest BCUT2D eigenvalue weighted by atomic mass is 10.1. The van der Waals surface area contributed by atoms with E-state index in [1.807, 2.05) is 5.32 Å². The second kappa shape index (κ2) is 8.64. The molecule has 0 unspecified atom stereocenters. The van der Waals surface area contributed by atoms with Gasteiger partial charge in [-0.3, -0.25) is 4.79 Å². The summed E-state index contributed by atoms with van der Waals surface area (Å²) in [6.45, 7) is 0. The number of hydrogen-bond donors (Lipinski definition) is 2. The molecular weight excluding hydrogens is 438 g/mol. The summed E-state index contributed by atoms with van der Waals surface area (Å²) in [4.78, 5) is 12.0. The van der Waals surface area contributed by atoms with E-state index >= 15 is 0 Å². The van der Waals surface area contributed by atoms with E-state index in [1.54, 1.807) is 0 Å². The van der Waals surface area contributed by atoms with Crippen LogP contribution in [0.25, 0.3) is 0 Å². The maximum absolute atomic E-state index is 12.9. The molecule has 0 saturated carbocycles. The Morgan fingerprint density at radius 1 is 0.900 bits per heavy atom. The van der Waals surface area contributed by atoms with Crippen molar-refractivity contribution in [3.05, 3.63) is 59.2 Å². The number of sulfonamides is 1. The number of benzene rings is 2. The Morgan fingerprint density at radius 3 is 1.83 bits per heavy atom. The minimum atomic E-state index is -5.02. The summed E-state index contributed by atoms with van der Waals surface area (Å²) >= 11 is 0. The summed E-state index contributed by atoms with van der Waals surface area (Å²) in [6, 6.07) is 6.32. The maximum Gasteiger partial charge on any atom is 0.416 e. The number of aryl methyl sites for hydroxylation is 1. The number of anilines is 1. The molecule has 0 aliphatic carbocycles. The van der Waals surface area contributed by atoms with Gasteiger partial charge in [0.25, 0.3) is 0 Å². The Kier molecular flexibility index (Phi) is 6.82. The third-order valence-corrected chi connectivity index (χ3v) is 5.44. The van der Waals surface area contributed by atoms with Crippen LogP contribution in [0.15, 0.2) is 47.4 Å². The van der Waals surface area contributed by atoms with Gasteiger partial charge in [0.1, 0.15) is 0 Å². The molecule has 0 aliphatic heterocycles. The van der Waals surface area contributed by atoms with Crippen LogP contribution in [0, 0.1) is 0 Å². The molecule has 30 heavy (non-hydrogen) atoms. The number of alkyl halides is 6. The van der Waals surface area contributed by atoms with Crippen molar-refractivity contribution in [1.82, 2.24) is 4.72 Å². The van der Waals surface area contributed by atoms with Gasteiger partial charge < -0.3 is 5.32 Å². The van der Waals surface area contributed by atoms with Crippen molar-refractivity contribution in [2.75, 3.05) is 12.4 Å². The second-order valence-corrected chi connectivity index (χ2v) is 8.08. The highest BCUT2D eigenvalue weighted by Gasteiger charge is 2.37. The standard InChI is InChI=1S/C18H16F6N2O3S/c1-25-30(28,29)15-5-2-11(3-6-15)4-7-16(27)26-14-9-12(17(19,20)21)8-13(10-14)18(22,23)24/h2-3,5-6,8-10,25H,4,7H2,1H3,(H,26,27).